The van der Waals surface area contributed by atoms with Gasteiger partial charge in [-0.15, -0.1) is 0 Å². The van der Waals surface area contributed by atoms with E-state index < -0.39 is 4.92 Å². The molecule has 9 heteroatoms. The molecule has 0 aliphatic carbocycles. The number of ether oxygens (including phenoxy) is 1. The first kappa shape index (κ1) is 21.9. The normalized spacial score (nSPS) is 22.8. The molecule has 2 aliphatic heterocycles. The predicted molar refractivity (Wildman–Crippen MR) is 119 cm³/mol. The summed E-state index contributed by atoms with van der Waals surface area (Å²) in [5.41, 5.74) is 0.982. The number of hydrogen-bond acceptors (Lipinski definition) is 5. The van der Waals surface area contributed by atoms with Crippen LogP contribution in [0.4, 0.5) is 5.69 Å². The number of nitrogens with one attached hydrogen (secondary N) is 1. The molecule has 7 nitrogen and oxygen atoms in total. The molecule has 2 aliphatic rings. The summed E-state index contributed by atoms with van der Waals surface area (Å²) in [7, 11) is 0. The molecule has 2 heterocycles. The molecule has 0 unspecified atom stereocenters. The molecule has 1 amide bonds. The fourth-order valence-electron chi connectivity index (χ4n) is 4.62. The third-order valence-corrected chi connectivity index (χ3v) is 6.49. The fourth-order valence-corrected chi connectivity index (χ4v) is 4.91. The number of benzene rings is 2. The Morgan fingerprint density at radius 2 is 1.74 bits per heavy atom. The van der Waals surface area contributed by atoms with Crippen LogP contribution in [0.3, 0.4) is 0 Å². The molecule has 2 aromatic rings. The van der Waals surface area contributed by atoms with Gasteiger partial charge in [0.1, 0.15) is 0 Å². The van der Waals surface area contributed by atoms with E-state index in [1.54, 1.807) is 0 Å². The average Bonchev–Trinajstić information content (AvgIpc) is 2.96. The number of carbonyl (C=O) groups excluding carboxylic acids is 1. The number of nitrogens with zero attached hydrogens (tertiary/aromatic N) is 2. The largest absolute Gasteiger partial charge is 0.477 e. The Balaban J connectivity index is 1.30. The van der Waals surface area contributed by atoms with Crippen molar-refractivity contribution in [2.75, 3.05) is 6.61 Å². The lowest BCUT2D eigenvalue weighted by Gasteiger charge is -2.39. The van der Waals surface area contributed by atoms with E-state index in [-0.39, 0.29) is 35.0 Å². The molecule has 3 atom stereocenters. The summed E-state index contributed by atoms with van der Waals surface area (Å²) in [4.78, 5) is 25.5. The van der Waals surface area contributed by atoms with Crippen LogP contribution < -0.4 is 10.1 Å². The molecule has 0 spiro atoms. The summed E-state index contributed by atoms with van der Waals surface area (Å²) < 4.78 is 5.40. The number of amides is 1. The molecule has 0 saturated carbocycles. The van der Waals surface area contributed by atoms with Gasteiger partial charge in [-0.1, -0.05) is 35.3 Å². The molecule has 0 radical (unpaired) electrons. The molecule has 31 heavy (non-hydrogen) atoms. The van der Waals surface area contributed by atoms with Crippen molar-refractivity contribution in [3.63, 3.8) is 0 Å². The predicted octanol–water partition coefficient (Wildman–Crippen LogP) is 4.59. The highest BCUT2D eigenvalue weighted by molar-refractivity contribution is 6.31. The van der Waals surface area contributed by atoms with E-state index in [9.17, 15) is 14.9 Å². The molecule has 164 valence electrons. The molecule has 1 N–H and O–H groups in total. The second-order valence-electron chi connectivity index (χ2n) is 8.08. The maximum Gasteiger partial charge on any atom is 0.312 e. The average molecular weight is 464 g/mol. The molecule has 2 fully saturated rings. The zero-order valence-corrected chi connectivity index (χ0v) is 18.3. The van der Waals surface area contributed by atoms with Crippen LogP contribution in [0, 0.1) is 10.1 Å². The molecular formula is C22H23Cl2N3O4. The van der Waals surface area contributed by atoms with E-state index in [1.165, 1.54) is 23.8 Å². The molecule has 2 aromatic carbocycles. The van der Waals surface area contributed by atoms with Gasteiger partial charge >= 0.3 is 5.69 Å². The Hall–Kier alpha value is -2.35. The van der Waals surface area contributed by atoms with Crippen molar-refractivity contribution in [2.45, 2.75) is 50.4 Å². The Morgan fingerprint density at radius 1 is 1.10 bits per heavy atom. The lowest BCUT2D eigenvalue weighted by atomic mass is 9.96. The maximum absolute atomic E-state index is 12.4. The number of rotatable bonds is 7. The van der Waals surface area contributed by atoms with Crippen LogP contribution in [0.25, 0.3) is 0 Å². The van der Waals surface area contributed by atoms with Gasteiger partial charge in [0.15, 0.2) is 12.4 Å². The monoisotopic (exact) mass is 463 g/mol. The van der Waals surface area contributed by atoms with Crippen molar-refractivity contribution in [1.29, 1.82) is 0 Å². The topological polar surface area (TPSA) is 84.7 Å². The number of nitro benzene ring substituents is 1. The Kier molecular flexibility index (Phi) is 6.65. The number of hydrogen-bond donors (Lipinski definition) is 1. The van der Waals surface area contributed by atoms with E-state index in [2.05, 4.69) is 22.3 Å². The first-order valence-corrected chi connectivity index (χ1v) is 11.0. The van der Waals surface area contributed by atoms with E-state index >= 15 is 0 Å². The number of nitro groups is 1. The summed E-state index contributed by atoms with van der Waals surface area (Å²) in [6.45, 7) is 0.610. The zero-order chi connectivity index (χ0) is 22.0. The van der Waals surface area contributed by atoms with Gasteiger partial charge in [0.25, 0.3) is 5.91 Å². The summed E-state index contributed by atoms with van der Waals surface area (Å²) in [5, 5.41) is 15.2. The standard InChI is InChI=1S/C22H23Cl2N3O4/c23-15-3-1-14(2-4-15)12-26-18-6-7-19(26)11-17(10-18)25-22(28)13-31-21-8-5-16(24)9-20(21)27(29)30/h1-5,8-9,17-19H,6-7,10-13H2,(H,25,28)/t17-,18+,19-. The van der Waals surface area contributed by atoms with Crippen LogP contribution in [-0.4, -0.2) is 40.5 Å². The quantitative estimate of drug-likeness (QED) is 0.479. The molecule has 4 rings (SSSR count). The third kappa shape index (κ3) is 5.29. The molecule has 0 aromatic heterocycles. The number of fused-ring (bicyclic) bond motifs is 2. The van der Waals surface area contributed by atoms with Crippen LogP contribution in [0.2, 0.25) is 10.0 Å². The molecule has 2 saturated heterocycles. The van der Waals surface area contributed by atoms with Crippen molar-refractivity contribution in [1.82, 2.24) is 10.2 Å². The van der Waals surface area contributed by atoms with Gasteiger partial charge in [0.05, 0.1) is 4.92 Å². The van der Waals surface area contributed by atoms with Crippen LogP contribution in [0.15, 0.2) is 42.5 Å². The van der Waals surface area contributed by atoms with Crippen molar-refractivity contribution in [2.24, 2.45) is 0 Å². The summed E-state index contributed by atoms with van der Waals surface area (Å²) in [5.74, 6) is -0.248. The molecular weight excluding hydrogens is 441 g/mol. The number of carbonyl (C=O) groups is 1. The minimum absolute atomic E-state index is 0.0300. The van der Waals surface area contributed by atoms with E-state index in [0.29, 0.717) is 12.1 Å². The van der Waals surface area contributed by atoms with Gasteiger partial charge in [-0.3, -0.25) is 19.8 Å². The van der Waals surface area contributed by atoms with Gasteiger partial charge in [-0.2, -0.15) is 0 Å². The first-order chi connectivity index (χ1) is 14.9. The summed E-state index contributed by atoms with van der Waals surface area (Å²) in [6, 6.07) is 13.0. The highest BCUT2D eigenvalue weighted by Crippen LogP contribution is 2.37. The van der Waals surface area contributed by atoms with Gasteiger partial charge in [-0.25, -0.2) is 0 Å². The van der Waals surface area contributed by atoms with Crippen LogP contribution in [0.1, 0.15) is 31.2 Å². The van der Waals surface area contributed by atoms with E-state index in [4.69, 9.17) is 27.9 Å². The number of piperidine rings is 1. The van der Waals surface area contributed by atoms with Gasteiger partial charge in [-0.05, 0) is 55.5 Å². The Bertz CT molecular complexity index is 956. The third-order valence-electron chi connectivity index (χ3n) is 6.00. The summed E-state index contributed by atoms with van der Waals surface area (Å²) in [6.07, 6.45) is 4.02. The van der Waals surface area contributed by atoms with Crippen molar-refractivity contribution >= 4 is 34.8 Å². The lowest BCUT2D eigenvalue weighted by Crippen LogP contribution is -2.50. The van der Waals surface area contributed by atoms with Gasteiger partial charge in [0.2, 0.25) is 0 Å². The minimum Gasteiger partial charge on any atom is -0.477 e. The van der Waals surface area contributed by atoms with Crippen molar-refractivity contribution < 1.29 is 14.5 Å². The Morgan fingerprint density at radius 3 is 2.39 bits per heavy atom. The second kappa shape index (κ2) is 9.42. The Labute approximate surface area is 190 Å². The van der Waals surface area contributed by atoms with Crippen LogP contribution in [-0.2, 0) is 11.3 Å². The first-order valence-electron chi connectivity index (χ1n) is 10.3. The highest BCUT2D eigenvalue weighted by atomic mass is 35.5. The number of halogens is 2. The smallest absolute Gasteiger partial charge is 0.312 e. The molecule has 2 bridgehead atoms. The van der Waals surface area contributed by atoms with E-state index in [0.717, 1.165) is 37.3 Å². The summed E-state index contributed by atoms with van der Waals surface area (Å²) >= 11 is 11.8. The van der Waals surface area contributed by atoms with Crippen molar-refractivity contribution in [3.05, 3.63) is 68.2 Å². The van der Waals surface area contributed by atoms with Gasteiger partial charge in [0, 0.05) is 40.8 Å². The van der Waals surface area contributed by atoms with E-state index in [1.807, 2.05) is 12.1 Å². The SMILES string of the molecule is O=C(COc1ccc(Cl)cc1[N+](=O)[O-])N[C@H]1C[C@H]2CC[C@@H](C1)N2Cc1ccc(Cl)cc1. The highest BCUT2D eigenvalue weighted by Gasteiger charge is 2.40. The fraction of sp³-hybridized carbons (Fsp3) is 0.409. The van der Waals surface area contributed by atoms with Gasteiger partial charge < -0.3 is 10.1 Å². The van der Waals surface area contributed by atoms with Crippen molar-refractivity contribution in [3.8, 4) is 5.75 Å². The van der Waals surface area contributed by atoms with Crippen LogP contribution in [0.5, 0.6) is 5.75 Å². The minimum atomic E-state index is -0.576. The lowest BCUT2D eigenvalue weighted by molar-refractivity contribution is -0.385. The van der Waals surface area contributed by atoms with Crippen LogP contribution >= 0.6 is 23.2 Å². The zero-order valence-electron chi connectivity index (χ0n) is 16.8. The maximum atomic E-state index is 12.4. The second-order valence-corrected chi connectivity index (χ2v) is 8.95.